The third-order valence-corrected chi connectivity index (χ3v) is 22.5. The van der Waals surface area contributed by atoms with Gasteiger partial charge in [-0.1, -0.05) is 53.2 Å². The van der Waals surface area contributed by atoms with Crippen molar-refractivity contribution < 1.29 is 139 Å². The summed E-state index contributed by atoms with van der Waals surface area (Å²) >= 11 is 0. The average Bonchev–Trinajstić information content (AvgIpc) is 1.70. The molecule has 8 fully saturated rings. The molecule has 9 unspecified atom stereocenters. The summed E-state index contributed by atoms with van der Waals surface area (Å²) in [5.41, 5.74) is -2.40. The van der Waals surface area contributed by atoms with Gasteiger partial charge >= 0.3 is 0 Å². The van der Waals surface area contributed by atoms with Gasteiger partial charge in [0, 0.05) is 10.8 Å². The van der Waals surface area contributed by atoms with E-state index in [1.807, 2.05) is 13.8 Å². The monoisotopic (exact) mass is 1260 g/mol. The van der Waals surface area contributed by atoms with E-state index >= 15 is 0 Å². The van der Waals surface area contributed by atoms with Crippen LogP contribution >= 0.6 is 0 Å². The highest BCUT2D eigenvalue weighted by molar-refractivity contribution is 5.32. The molecule has 9 rings (SSSR count). The van der Waals surface area contributed by atoms with Crippen LogP contribution in [0.15, 0.2) is 11.6 Å². The van der Waals surface area contributed by atoms with Crippen LogP contribution in [0.25, 0.3) is 0 Å². The van der Waals surface area contributed by atoms with Crippen molar-refractivity contribution in [2.75, 3.05) is 33.0 Å². The highest BCUT2D eigenvalue weighted by atomic mass is 16.8. The highest BCUT2D eigenvalue weighted by Gasteiger charge is 2.70. The topological polar surface area (TPSA) is 456 Å². The van der Waals surface area contributed by atoms with Crippen LogP contribution in [0.4, 0.5) is 0 Å². The standard InChI is InChI=1S/C59H100O28/c1-23(9-13-35(56(4,5)77)85-54-49(87-53-46(75)41(70)38(67)29(19-61)81-53)42(71)39(68)31(83-54)22-79-50-44(73)36(65)27(63)21-78-50)24-15-16-57(6)32-12-10-25-26(59(32,8)33(64)17-58(24,57)7)11-14-34(55(25,2)3)84-51-47(76)43(72)48(30(20-62)82-51)86-52-45(74)40(69)37(66)28(18-60)80-52/h10,23-24,26-54,60-77H,9,11-22H2,1-8H3/t23-,24-,26-,27-,28?,29?,30?,31?,32+,33-,34+,35-,36+,37-,38-,39-,40+,41+,42+,43-,44?,45?,46?,47?,48-,49?,50+,51+,52+,53+,54+,57+,58-,59+/m1/s1. The lowest BCUT2D eigenvalue weighted by molar-refractivity contribution is -0.379. The molecule has 504 valence electrons. The Kier molecular flexibility index (Phi) is 21.5. The fourth-order valence-electron chi connectivity index (χ4n) is 16.8. The number of hydrogen-bond acceptors (Lipinski definition) is 28. The molecule has 18 N–H and O–H groups in total. The van der Waals surface area contributed by atoms with Crippen LogP contribution in [0.2, 0.25) is 0 Å². The maximum atomic E-state index is 12.8. The number of rotatable bonds is 19. The Labute approximate surface area is 506 Å². The molecule has 5 saturated heterocycles. The van der Waals surface area contributed by atoms with Crippen molar-refractivity contribution in [2.45, 2.75) is 278 Å². The fourth-order valence-corrected chi connectivity index (χ4v) is 16.8. The van der Waals surface area contributed by atoms with Gasteiger partial charge in [0.1, 0.15) is 116 Å². The van der Waals surface area contributed by atoms with Crippen molar-refractivity contribution in [2.24, 2.45) is 45.3 Å². The maximum Gasteiger partial charge on any atom is 0.187 e. The molecule has 0 aromatic carbocycles. The zero-order valence-corrected chi connectivity index (χ0v) is 50.8. The number of aliphatic hydroxyl groups is 18. The summed E-state index contributed by atoms with van der Waals surface area (Å²) in [4.78, 5) is 0. The van der Waals surface area contributed by atoms with Crippen LogP contribution in [0.3, 0.4) is 0 Å². The third kappa shape index (κ3) is 12.7. The van der Waals surface area contributed by atoms with Gasteiger partial charge in [-0.25, -0.2) is 0 Å². The first-order valence-electron chi connectivity index (χ1n) is 31.0. The second-order valence-corrected chi connectivity index (χ2v) is 28.2. The van der Waals surface area contributed by atoms with Crippen molar-refractivity contribution >= 4 is 0 Å². The van der Waals surface area contributed by atoms with Gasteiger partial charge in [-0.05, 0) is 99.7 Å². The van der Waals surface area contributed by atoms with Crippen molar-refractivity contribution in [3.05, 3.63) is 11.6 Å². The summed E-state index contributed by atoms with van der Waals surface area (Å²) in [6.45, 7) is 12.9. The first-order valence-corrected chi connectivity index (χ1v) is 31.0. The Hall–Kier alpha value is -1.38. The quantitative estimate of drug-likeness (QED) is 0.0540. The molecular formula is C59H100O28. The van der Waals surface area contributed by atoms with Crippen molar-refractivity contribution in [3.63, 3.8) is 0 Å². The van der Waals surface area contributed by atoms with Crippen LogP contribution in [-0.4, -0.2) is 296 Å². The molecule has 0 spiro atoms. The smallest absolute Gasteiger partial charge is 0.187 e. The van der Waals surface area contributed by atoms with E-state index in [4.69, 9.17) is 47.4 Å². The Balaban J connectivity index is 0.880. The first-order chi connectivity index (χ1) is 40.7. The van der Waals surface area contributed by atoms with E-state index in [2.05, 4.69) is 33.8 Å². The number of fused-ring (bicyclic) bond motifs is 5. The third-order valence-electron chi connectivity index (χ3n) is 22.5. The number of allylic oxidation sites excluding steroid dienone is 1. The number of hydrogen-bond donors (Lipinski definition) is 18. The van der Waals surface area contributed by atoms with Gasteiger partial charge in [-0.15, -0.1) is 0 Å². The van der Waals surface area contributed by atoms with Gasteiger partial charge in [-0.2, -0.15) is 0 Å². The summed E-state index contributed by atoms with van der Waals surface area (Å²) in [7, 11) is 0. The Bertz CT molecular complexity index is 2290. The molecule has 9 aliphatic rings. The van der Waals surface area contributed by atoms with Crippen LogP contribution in [-0.2, 0) is 47.4 Å². The van der Waals surface area contributed by atoms with Gasteiger partial charge < -0.3 is 139 Å². The van der Waals surface area contributed by atoms with Gasteiger partial charge in [0.15, 0.2) is 31.5 Å². The molecule has 34 atom stereocenters. The molecule has 0 amide bonds. The largest absolute Gasteiger partial charge is 0.394 e. The maximum absolute atomic E-state index is 12.8. The van der Waals surface area contributed by atoms with Crippen molar-refractivity contribution in [1.29, 1.82) is 0 Å². The summed E-state index contributed by atoms with van der Waals surface area (Å²) in [5.74, 6) is 0.0449. The first kappa shape index (κ1) is 69.9. The summed E-state index contributed by atoms with van der Waals surface area (Å²) < 4.78 is 59.4. The minimum atomic E-state index is -1.93. The Morgan fingerprint density at radius 2 is 1.08 bits per heavy atom. The summed E-state index contributed by atoms with van der Waals surface area (Å²) in [6.07, 6.45) is -35.0. The van der Waals surface area contributed by atoms with Crippen molar-refractivity contribution in [3.8, 4) is 0 Å². The van der Waals surface area contributed by atoms with E-state index in [1.54, 1.807) is 0 Å². The van der Waals surface area contributed by atoms with E-state index in [1.165, 1.54) is 13.8 Å². The second-order valence-electron chi connectivity index (χ2n) is 28.2. The highest BCUT2D eigenvalue weighted by Crippen LogP contribution is 2.75. The normalized spacial score (nSPS) is 51.8. The van der Waals surface area contributed by atoms with E-state index in [9.17, 15) is 91.9 Å². The molecule has 3 saturated carbocycles. The Morgan fingerprint density at radius 1 is 0.563 bits per heavy atom. The minimum absolute atomic E-state index is 0.0169. The van der Waals surface area contributed by atoms with Crippen LogP contribution in [0.1, 0.15) is 107 Å². The fraction of sp³-hybridized carbons (Fsp3) is 0.966. The van der Waals surface area contributed by atoms with E-state index in [0.29, 0.717) is 32.1 Å². The summed E-state index contributed by atoms with van der Waals surface area (Å²) in [5, 5.41) is 195. The molecule has 0 radical (unpaired) electrons. The number of ether oxygens (including phenoxy) is 10. The molecule has 87 heavy (non-hydrogen) atoms. The van der Waals surface area contributed by atoms with Crippen LogP contribution < -0.4 is 0 Å². The average molecular weight is 1260 g/mol. The molecule has 4 aliphatic carbocycles. The molecular weight excluding hydrogens is 1160 g/mol. The van der Waals surface area contributed by atoms with E-state index in [-0.39, 0.29) is 47.5 Å². The molecule has 5 aliphatic heterocycles. The zero-order valence-electron chi connectivity index (χ0n) is 50.8. The van der Waals surface area contributed by atoms with E-state index in [0.717, 1.165) is 18.4 Å². The molecule has 28 heteroatoms. The zero-order chi connectivity index (χ0) is 63.9. The second kappa shape index (κ2) is 26.8. The summed E-state index contributed by atoms with van der Waals surface area (Å²) in [6, 6.07) is 0. The molecule has 0 aromatic rings. The predicted molar refractivity (Wildman–Crippen MR) is 294 cm³/mol. The van der Waals surface area contributed by atoms with Crippen LogP contribution in [0.5, 0.6) is 0 Å². The number of aliphatic hydroxyl groups excluding tert-OH is 17. The lowest BCUT2D eigenvalue weighted by Crippen LogP contribution is -2.66. The molecule has 5 heterocycles. The van der Waals surface area contributed by atoms with E-state index < -0.39 is 209 Å². The molecule has 28 nitrogen and oxygen atoms in total. The SMILES string of the molecule is C[C@H](CC[C@@H](O[C@@H]1OC(CO[C@@H]2OC[C@@H](O)[C@H](O)C2O)[C@@H](O)[C@H](O)C1O[C@@H]1OC(CO)[C@@H](O)[C@H](O)C1O)C(C)(C)O)[C@H]1CC[C@@]2(C)[C@@H]3CC=C4[C@@H](CC[C@H](O[C@@H]5OC(CO)[C@@H](O[C@@H]6OC(CO)[C@@H](O)[C@H](O)C6O)[C@H](O)C5O)C4(C)C)[C@]3(C)[C@H](O)C[C@]12C. The minimum Gasteiger partial charge on any atom is -0.394 e. The van der Waals surface area contributed by atoms with Crippen LogP contribution in [0, 0.1) is 45.3 Å². The molecule has 0 bridgehead atoms. The van der Waals surface area contributed by atoms with Gasteiger partial charge in [0.2, 0.25) is 0 Å². The van der Waals surface area contributed by atoms with Gasteiger partial charge in [0.05, 0.1) is 56.9 Å². The molecule has 0 aromatic heterocycles. The Morgan fingerprint density at radius 3 is 1.67 bits per heavy atom. The lowest BCUT2D eigenvalue weighted by atomic mass is 9.38. The van der Waals surface area contributed by atoms with Crippen molar-refractivity contribution in [1.82, 2.24) is 0 Å². The predicted octanol–water partition coefficient (Wildman–Crippen LogP) is -4.77. The van der Waals surface area contributed by atoms with Gasteiger partial charge in [0.25, 0.3) is 0 Å². The van der Waals surface area contributed by atoms with Gasteiger partial charge in [-0.3, -0.25) is 0 Å². The lowest BCUT2D eigenvalue weighted by Gasteiger charge is -2.67.